The molecule has 0 rings (SSSR count). The summed E-state index contributed by atoms with van der Waals surface area (Å²) in [6, 6.07) is -0.539. The van der Waals surface area contributed by atoms with Crippen LogP contribution in [0.25, 0.3) is 0 Å². The van der Waals surface area contributed by atoms with E-state index < -0.39 is 12.1 Å². The maximum absolute atomic E-state index is 12.5. The van der Waals surface area contributed by atoms with E-state index in [1.54, 1.807) is 0 Å². The van der Waals surface area contributed by atoms with E-state index in [0.717, 1.165) is 64.2 Å². The molecule has 0 saturated carbocycles. The van der Waals surface area contributed by atoms with Crippen molar-refractivity contribution in [2.45, 2.75) is 315 Å². The number of nitrogens with one attached hydrogen (secondary N) is 1. The standard InChI is InChI=1S/C63H115NO3/c1-3-5-7-9-11-13-15-17-19-21-23-25-26-27-28-29-30-31-32-33-34-35-36-37-38-39-41-43-45-47-49-51-53-55-57-59-63(67)64-61(60-65)62(66)58-56-54-52-50-48-46-44-42-40-24-22-20-18-16-14-12-10-8-6-4-2/h5,7,11,13,17,19,23,25,27-28,30-31,61-62,65-66H,3-4,6,8-10,12,14-16,18,20-22,24,26,29,32-60H2,1-2H3,(H,64,67)/b7-5-,13-11-,19-17-,25-23-,28-27-,31-30-. The van der Waals surface area contributed by atoms with E-state index in [2.05, 4.69) is 92.1 Å². The zero-order valence-corrected chi connectivity index (χ0v) is 44.9. The quantitative estimate of drug-likeness (QED) is 0.0420. The van der Waals surface area contributed by atoms with E-state index in [-0.39, 0.29) is 12.5 Å². The minimum absolute atomic E-state index is 0.0292. The van der Waals surface area contributed by atoms with Crippen LogP contribution in [0, 0.1) is 0 Å². The first-order valence-electron chi connectivity index (χ1n) is 29.6. The van der Waals surface area contributed by atoms with Gasteiger partial charge in [0.25, 0.3) is 0 Å². The van der Waals surface area contributed by atoms with Gasteiger partial charge in [-0.05, 0) is 64.2 Å². The molecule has 1 amide bonds. The summed E-state index contributed by atoms with van der Waals surface area (Å²) < 4.78 is 0. The molecule has 0 aromatic carbocycles. The highest BCUT2D eigenvalue weighted by Crippen LogP contribution is 2.17. The number of carbonyl (C=O) groups excluding carboxylic acids is 1. The van der Waals surface area contributed by atoms with E-state index in [1.165, 1.54) is 212 Å². The number of amides is 1. The molecule has 0 spiro atoms. The van der Waals surface area contributed by atoms with Crippen molar-refractivity contribution >= 4 is 5.91 Å². The number of aliphatic hydroxyl groups is 2. The minimum Gasteiger partial charge on any atom is -0.394 e. The van der Waals surface area contributed by atoms with Crippen molar-refractivity contribution in [2.75, 3.05) is 6.61 Å². The Morgan fingerprint density at radius 3 is 0.985 bits per heavy atom. The lowest BCUT2D eigenvalue weighted by molar-refractivity contribution is -0.123. The van der Waals surface area contributed by atoms with Gasteiger partial charge in [0.2, 0.25) is 5.91 Å². The maximum Gasteiger partial charge on any atom is 0.220 e. The molecule has 2 unspecified atom stereocenters. The zero-order chi connectivity index (χ0) is 48.5. The molecule has 0 aliphatic carbocycles. The molecule has 0 bridgehead atoms. The molecule has 0 aliphatic rings. The number of hydrogen-bond acceptors (Lipinski definition) is 3. The molecule has 0 heterocycles. The predicted molar refractivity (Wildman–Crippen MR) is 299 cm³/mol. The fourth-order valence-corrected chi connectivity index (χ4v) is 9.01. The Balaban J connectivity index is 3.46. The van der Waals surface area contributed by atoms with Gasteiger partial charge in [0.1, 0.15) is 0 Å². The number of unbranched alkanes of at least 4 members (excludes halogenated alkanes) is 35. The summed E-state index contributed by atoms with van der Waals surface area (Å²) in [5.41, 5.74) is 0. The van der Waals surface area contributed by atoms with Crippen molar-refractivity contribution in [2.24, 2.45) is 0 Å². The van der Waals surface area contributed by atoms with Crippen LogP contribution in [-0.2, 0) is 4.79 Å². The van der Waals surface area contributed by atoms with Crippen LogP contribution in [0.15, 0.2) is 72.9 Å². The first-order chi connectivity index (χ1) is 33.2. The van der Waals surface area contributed by atoms with Crippen LogP contribution < -0.4 is 5.32 Å². The van der Waals surface area contributed by atoms with Crippen molar-refractivity contribution in [3.8, 4) is 0 Å². The minimum atomic E-state index is -0.662. The van der Waals surface area contributed by atoms with Crippen LogP contribution in [0.1, 0.15) is 303 Å². The molecular weight excluding hydrogens is 819 g/mol. The Bertz CT molecular complexity index is 1150. The molecule has 3 N–H and O–H groups in total. The molecule has 0 fully saturated rings. The van der Waals surface area contributed by atoms with Crippen LogP contribution >= 0.6 is 0 Å². The van der Waals surface area contributed by atoms with Gasteiger partial charge < -0.3 is 15.5 Å². The van der Waals surface area contributed by atoms with Gasteiger partial charge in [-0.15, -0.1) is 0 Å². The molecule has 67 heavy (non-hydrogen) atoms. The fraction of sp³-hybridized carbons (Fsp3) is 0.794. The van der Waals surface area contributed by atoms with Gasteiger partial charge in [-0.2, -0.15) is 0 Å². The first kappa shape index (κ1) is 64.8. The summed E-state index contributed by atoms with van der Waals surface area (Å²) in [6.45, 7) is 4.27. The predicted octanol–water partition coefficient (Wildman–Crippen LogP) is 19.8. The first-order valence-corrected chi connectivity index (χ1v) is 29.6. The van der Waals surface area contributed by atoms with Gasteiger partial charge in [0, 0.05) is 6.42 Å². The highest BCUT2D eigenvalue weighted by Gasteiger charge is 2.20. The van der Waals surface area contributed by atoms with Gasteiger partial charge in [-0.3, -0.25) is 4.79 Å². The summed E-state index contributed by atoms with van der Waals surface area (Å²) in [6.07, 6.45) is 83.3. The van der Waals surface area contributed by atoms with E-state index in [0.29, 0.717) is 12.8 Å². The average molecular weight is 935 g/mol. The lowest BCUT2D eigenvalue weighted by Crippen LogP contribution is -2.45. The summed E-state index contributed by atoms with van der Waals surface area (Å²) >= 11 is 0. The van der Waals surface area contributed by atoms with Crippen molar-refractivity contribution in [1.29, 1.82) is 0 Å². The lowest BCUT2D eigenvalue weighted by Gasteiger charge is -2.22. The van der Waals surface area contributed by atoms with E-state index in [4.69, 9.17) is 0 Å². The second-order valence-electron chi connectivity index (χ2n) is 20.0. The third-order valence-electron chi connectivity index (χ3n) is 13.5. The number of rotatable bonds is 54. The van der Waals surface area contributed by atoms with Crippen LogP contribution in [0.5, 0.6) is 0 Å². The number of aliphatic hydroxyl groups excluding tert-OH is 2. The van der Waals surface area contributed by atoms with Gasteiger partial charge in [-0.25, -0.2) is 0 Å². The highest BCUT2D eigenvalue weighted by atomic mass is 16.3. The van der Waals surface area contributed by atoms with Crippen molar-refractivity contribution in [3.63, 3.8) is 0 Å². The van der Waals surface area contributed by atoms with Gasteiger partial charge >= 0.3 is 0 Å². The summed E-state index contributed by atoms with van der Waals surface area (Å²) in [5, 5.41) is 23.4. The van der Waals surface area contributed by atoms with Crippen molar-refractivity contribution in [3.05, 3.63) is 72.9 Å². The molecular formula is C63H115NO3. The smallest absolute Gasteiger partial charge is 0.220 e. The zero-order valence-electron chi connectivity index (χ0n) is 44.9. The second-order valence-corrected chi connectivity index (χ2v) is 20.0. The SMILES string of the molecule is CC/C=C\C/C=C\C/C=C\C/C=C\C/C=C\C/C=C\CCCCCCCCCCCCCCCCCCC(=O)NC(CO)C(O)CCCCCCCCCCCCCCCCCCCCCC. The summed E-state index contributed by atoms with van der Waals surface area (Å²) in [7, 11) is 0. The Morgan fingerprint density at radius 1 is 0.373 bits per heavy atom. The molecule has 0 radical (unpaired) electrons. The number of carbonyl (C=O) groups is 1. The van der Waals surface area contributed by atoms with E-state index >= 15 is 0 Å². The van der Waals surface area contributed by atoms with Crippen LogP contribution in [0.3, 0.4) is 0 Å². The second kappa shape index (κ2) is 58.1. The highest BCUT2D eigenvalue weighted by molar-refractivity contribution is 5.76. The Hall–Kier alpha value is -2.17. The maximum atomic E-state index is 12.5. The summed E-state index contributed by atoms with van der Waals surface area (Å²) in [5.74, 6) is -0.0292. The largest absolute Gasteiger partial charge is 0.394 e. The van der Waals surface area contributed by atoms with Gasteiger partial charge in [-0.1, -0.05) is 305 Å². The fourth-order valence-electron chi connectivity index (χ4n) is 9.01. The molecule has 4 nitrogen and oxygen atoms in total. The topological polar surface area (TPSA) is 69.6 Å². The average Bonchev–Trinajstić information content (AvgIpc) is 3.33. The molecule has 0 aromatic rings. The molecule has 0 aromatic heterocycles. The summed E-state index contributed by atoms with van der Waals surface area (Å²) in [4.78, 5) is 12.5. The molecule has 2 atom stereocenters. The van der Waals surface area contributed by atoms with Gasteiger partial charge in [0.15, 0.2) is 0 Å². The third-order valence-corrected chi connectivity index (χ3v) is 13.5. The van der Waals surface area contributed by atoms with Gasteiger partial charge in [0.05, 0.1) is 18.8 Å². The normalized spacial score (nSPS) is 13.3. The Kier molecular flexibility index (Phi) is 56.3. The van der Waals surface area contributed by atoms with Crippen molar-refractivity contribution in [1.82, 2.24) is 5.32 Å². The Morgan fingerprint density at radius 2 is 0.657 bits per heavy atom. The van der Waals surface area contributed by atoms with Crippen LogP contribution in [0.4, 0.5) is 0 Å². The molecule has 0 saturated heterocycles. The lowest BCUT2D eigenvalue weighted by atomic mass is 10.0. The molecule has 0 aliphatic heterocycles. The van der Waals surface area contributed by atoms with Crippen LogP contribution in [0.2, 0.25) is 0 Å². The van der Waals surface area contributed by atoms with E-state index in [1.807, 2.05) is 0 Å². The third kappa shape index (κ3) is 54.6. The van der Waals surface area contributed by atoms with E-state index in [9.17, 15) is 15.0 Å². The molecule has 390 valence electrons. The Labute approximate surface area is 419 Å². The monoisotopic (exact) mass is 934 g/mol. The number of allylic oxidation sites excluding steroid dienone is 12. The molecule has 4 heteroatoms. The number of hydrogen-bond donors (Lipinski definition) is 3. The van der Waals surface area contributed by atoms with Crippen molar-refractivity contribution < 1.29 is 15.0 Å². The van der Waals surface area contributed by atoms with Crippen LogP contribution in [-0.4, -0.2) is 34.9 Å².